The molecule has 2 aromatic rings. The van der Waals surface area contributed by atoms with E-state index >= 15 is 0 Å². The summed E-state index contributed by atoms with van der Waals surface area (Å²) in [5.74, 6) is 2.62. The van der Waals surface area contributed by atoms with Crippen LogP contribution in [0.25, 0.3) is 0 Å². The molecule has 1 aliphatic heterocycles. The largest absolute Gasteiger partial charge is 0.513 e. The van der Waals surface area contributed by atoms with E-state index < -0.39 is 0 Å². The highest BCUT2D eigenvalue weighted by molar-refractivity contribution is 6.30. The van der Waals surface area contributed by atoms with Gasteiger partial charge in [-0.1, -0.05) is 18.2 Å². The zero-order valence-corrected chi connectivity index (χ0v) is 16.2. The van der Waals surface area contributed by atoms with Crippen molar-refractivity contribution in [2.24, 2.45) is 0 Å². The molecule has 0 spiro atoms. The van der Waals surface area contributed by atoms with Crippen molar-refractivity contribution >= 4 is 11.6 Å². The summed E-state index contributed by atoms with van der Waals surface area (Å²) in [7, 11) is 0. The zero-order chi connectivity index (χ0) is 19.1. The van der Waals surface area contributed by atoms with Gasteiger partial charge in [0.25, 0.3) is 0 Å². The van der Waals surface area contributed by atoms with Crippen molar-refractivity contribution in [3.8, 4) is 17.2 Å². The summed E-state index contributed by atoms with van der Waals surface area (Å²) in [4.78, 5) is 2.45. The van der Waals surface area contributed by atoms with Crippen molar-refractivity contribution in [2.75, 3.05) is 19.7 Å². The maximum atomic E-state index is 9.22. The Balaban J connectivity index is 1.46. The summed E-state index contributed by atoms with van der Waals surface area (Å²) in [5, 5.41) is 9.91. The molecule has 1 fully saturated rings. The normalized spacial score (nSPS) is 17.0. The van der Waals surface area contributed by atoms with Crippen LogP contribution in [0.3, 0.4) is 0 Å². The summed E-state index contributed by atoms with van der Waals surface area (Å²) >= 11 is 5.89. The van der Waals surface area contributed by atoms with E-state index in [9.17, 15) is 5.11 Å². The second-order valence-corrected chi connectivity index (χ2v) is 7.28. The van der Waals surface area contributed by atoms with Crippen LogP contribution < -0.4 is 9.47 Å². The van der Waals surface area contributed by atoms with Gasteiger partial charge in [-0.25, -0.2) is 0 Å². The number of hydrogen-bond donors (Lipinski definition) is 1. The molecule has 1 atom stereocenters. The molecule has 4 nitrogen and oxygen atoms in total. The molecule has 2 aromatic carbocycles. The molecule has 0 bridgehead atoms. The topological polar surface area (TPSA) is 41.9 Å². The number of halogens is 1. The molecule has 0 radical (unpaired) electrons. The van der Waals surface area contributed by atoms with Gasteiger partial charge in [0, 0.05) is 17.5 Å². The van der Waals surface area contributed by atoms with Gasteiger partial charge in [0.15, 0.2) is 0 Å². The molecule has 1 saturated heterocycles. The van der Waals surface area contributed by atoms with Gasteiger partial charge in [-0.3, -0.25) is 4.90 Å². The summed E-state index contributed by atoms with van der Waals surface area (Å²) < 4.78 is 11.8. The number of benzene rings is 2. The fourth-order valence-electron chi connectivity index (χ4n) is 3.30. The van der Waals surface area contributed by atoms with Gasteiger partial charge in [0.2, 0.25) is 0 Å². The molecule has 0 aliphatic carbocycles. The van der Waals surface area contributed by atoms with Crippen LogP contribution in [0.1, 0.15) is 25.7 Å². The molecule has 5 heteroatoms. The minimum absolute atomic E-state index is 0.267. The first-order valence-corrected chi connectivity index (χ1v) is 9.75. The molecule has 0 aromatic heterocycles. The van der Waals surface area contributed by atoms with E-state index in [2.05, 4.69) is 11.5 Å². The molecule has 3 rings (SSSR count). The first-order chi connectivity index (χ1) is 13.1. The minimum Gasteiger partial charge on any atom is -0.513 e. The monoisotopic (exact) mass is 387 g/mol. The molecular formula is C22H26ClNO3. The van der Waals surface area contributed by atoms with Crippen molar-refractivity contribution in [1.82, 2.24) is 4.90 Å². The Labute approximate surface area is 166 Å². The van der Waals surface area contributed by atoms with Crippen molar-refractivity contribution in [3.63, 3.8) is 0 Å². The van der Waals surface area contributed by atoms with E-state index in [1.165, 1.54) is 6.42 Å². The third-order valence-corrected chi connectivity index (χ3v) is 4.98. The quantitative estimate of drug-likeness (QED) is 0.550. The average molecular weight is 388 g/mol. The number of hydrogen-bond acceptors (Lipinski definition) is 4. The van der Waals surface area contributed by atoms with E-state index in [4.69, 9.17) is 21.1 Å². The van der Waals surface area contributed by atoms with E-state index in [1.54, 1.807) is 12.1 Å². The lowest BCUT2D eigenvalue weighted by molar-refractivity contribution is 0.170. The SMILES string of the molecule is C=C(O)CCCN1CCC[C@H]1COc1ccc(Oc2ccc(Cl)cc2)cc1. The zero-order valence-electron chi connectivity index (χ0n) is 15.4. The highest BCUT2D eigenvalue weighted by Gasteiger charge is 2.24. The average Bonchev–Trinajstić information content (AvgIpc) is 3.10. The van der Waals surface area contributed by atoms with Gasteiger partial charge in [0.1, 0.15) is 23.9 Å². The number of allylic oxidation sites excluding steroid dienone is 1. The van der Waals surface area contributed by atoms with Crippen LogP contribution in [0.4, 0.5) is 0 Å². The van der Waals surface area contributed by atoms with Gasteiger partial charge < -0.3 is 14.6 Å². The molecule has 0 saturated carbocycles. The summed E-state index contributed by atoms with van der Waals surface area (Å²) in [5.41, 5.74) is 0. The first-order valence-electron chi connectivity index (χ1n) is 9.37. The number of likely N-dealkylation sites (tertiary alicyclic amines) is 1. The van der Waals surface area contributed by atoms with Crippen LogP contribution in [-0.4, -0.2) is 35.7 Å². The van der Waals surface area contributed by atoms with Crippen LogP contribution in [-0.2, 0) is 0 Å². The Hall–Kier alpha value is -2.17. The van der Waals surface area contributed by atoms with Crippen LogP contribution in [0, 0.1) is 0 Å². The Bertz CT molecular complexity index is 730. The maximum absolute atomic E-state index is 9.22. The number of aliphatic hydroxyl groups is 1. The lowest BCUT2D eigenvalue weighted by atomic mass is 10.2. The van der Waals surface area contributed by atoms with Gasteiger partial charge >= 0.3 is 0 Å². The van der Waals surface area contributed by atoms with Crippen LogP contribution in [0.15, 0.2) is 60.9 Å². The van der Waals surface area contributed by atoms with Gasteiger partial charge in [-0.15, -0.1) is 0 Å². The van der Waals surface area contributed by atoms with E-state index in [0.717, 1.165) is 43.2 Å². The van der Waals surface area contributed by atoms with Crippen LogP contribution in [0.2, 0.25) is 5.02 Å². The third-order valence-electron chi connectivity index (χ3n) is 4.73. The lowest BCUT2D eigenvalue weighted by Gasteiger charge is -2.24. The van der Waals surface area contributed by atoms with Crippen molar-refractivity contribution < 1.29 is 14.6 Å². The molecule has 1 aliphatic rings. The van der Waals surface area contributed by atoms with Crippen molar-refractivity contribution in [1.29, 1.82) is 0 Å². The molecule has 0 amide bonds. The number of aliphatic hydroxyl groups excluding tert-OH is 1. The lowest BCUT2D eigenvalue weighted by Crippen LogP contribution is -2.34. The highest BCUT2D eigenvalue weighted by atomic mass is 35.5. The minimum atomic E-state index is 0.267. The number of ether oxygens (including phenoxy) is 2. The molecular weight excluding hydrogens is 362 g/mol. The predicted octanol–water partition coefficient (Wildman–Crippen LogP) is 5.83. The van der Waals surface area contributed by atoms with Crippen LogP contribution in [0.5, 0.6) is 17.2 Å². The van der Waals surface area contributed by atoms with Crippen molar-refractivity contribution in [2.45, 2.75) is 31.7 Å². The predicted molar refractivity (Wildman–Crippen MR) is 109 cm³/mol. The fraction of sp³-hybridized carbons (Fsp3) is 0.364. The molecule has 144 valence electrons. The first kappa shape index (κ1) is 19.6. The highest BCUT2D eigenvalue weighted by Crippen LogP contribution is 2.26. The number of rotatable bonds is 9. The molecule has 1 heterocycles. The second-order valence-electron chi connectivity index (χ2n) is 6.84. The van der Waals surface area contributed by atoms with Gasteiger partial charge in [-0.2, -0.15) is 0 Å². The number of nitrogens with zero attached hydrogens (tertiary/aromatic N) is 1. The second kappa shape index (κ2) is 9.67. The van der Waals surface area contributed by atoms with Gasteiger partial charge in [0.05, 0.1) is 5.76 Å². The Kier molecular flexibility index (Phi) is 7.02. The van der Waals surface area contributed by atoms with E-state index in [1.807, 2.05) is 36.4 Å². The Morgan fingerprint density at radius 1 is 1.07 bits per heavy atom. The van der Waals surface area contributed by atoms with E-state index in [0.29, 0.717) is 24.1 Å². The Morgan fingerprint density at radius 2 is 1.70 bits per heavy atom. The Morgan fingerprint density at radius 3 is 2.37 bits per heavy atom. The molecule has 27 heavy (non-hydrogen) atoms. The smallest absolute Gasteiger partial charge is 0.127 e. The van der Waals surface area contributed by atoms with Crippen molar-refractivity contribution in [3.05, 3.63) is 65.9 Å². The summed E-state index contributed by atoms with van der Waals surface area (Å²) in [6.07, 6.45) is 3.95. The standard InChI is InChI=1S/C22H26ClNO3/c1-17(25)4-2-14-24-15-3-5-19(24)16-26-20-10-12-22(13-11-20)27-21-8-6-18(23)7-9-21/h6-13,19,25H,1-5,14-16H2/t19-/m0/s1. The van der Waals surface area contributed by atoms with E-state index in [-0.39, 0.29) is 5.76 Å². The molecule has 1 N–H and O–H groups in total. The maximum Gasteiger partial charge on any atom is 0.127 e. The molecule has 0 unspecified atom stereocenters. The summed E-state index contributed by atoms with van der Waals surface area (Å²) in [6.45, 7) is 6.30. The fourth-order valence-corrected chi connectivity index (χ4v) is 3.43. The van der Waals surface area contributed by atoms with Gasteiger partial charge in [-0.05, 0) is 80.9 Å². The van der Waals surface area contributed by atoms with Crippen LogP contribution >= 0.6 is 11.6 Å². The summed E-state index contributed by atoms with van der Waals surface area (Å²) in [6, 6.07) is 15.4. The third kappa shape index (κ3) is 6.19.